The van der Waals surface area contributed by atoms with Crippen molar-refractivity contribution in [3.8, 4) is 62.6 Å². The Morgan fingerprint density at radius 2 is 0.462 bits per heavy atom. The van der Waals surface area contributed by atoms with Gasteiger partial charge in [-0.15, -0.1) is 68.0 Å². The van der Waals surface area contributed by atoms with Gasteiger partial charge in [0.1, 0.15) is 16.1 Å². The van der Waals surface area contributed by atoms with Crippen molar-refractivity contribution >= 4 is 105 Å². The van der Waals surface area contributed by atoms with Crippen LogP contribution in [-0.4, -0.2) is 16.1 Å². The molecule has 16 rings (SSSR count). The molecule has 0 saturated carbocycles. The summed E-state index contributed by atoms with van der Waals surface area (Å²) < 4.78 is 0. The van der Waals surface area contributed by atoms with E-state index in [0.29, 0.717) is 5.41 Å². The monoisotopic (exact) mass is 1880 g/mol. The Bertz CT molecular complexity index is 4810. The van der Waals surface area contributed by atoms with Crippen molar-refractivity contribution in [1.29, 1.82) is 0 Å². The molecule has 6 aromatic heterocycles. The van der Waals surface area contributed by atoms with Crippen LogP contribution in [0.4, 0.5) is 0 Å². The molecule has 0 atom stereocenters. The summed E-state index contributed by atoms with van der Waals surface area (Å²) in [7, 11) is -3.15. The normalized spacial score (nSPS) is 13.6. The van der Waals surface area contributed by atoms with Crippen molar-refractivity contribution in [2.24, 2.45) is 0 Å². The van der Waals surface area contributed by atoms with Gasteiger partial charge in [-0.2, -0.15) is 0 Å². The van der Waals surface area contributed by atoms with E-state index in [1.165, 1.54) is 350 Å². The molecule has 700 valence electrons. The molecule has 0 radical (unpaired) electrons. The lowest BCUT2D eigenvalue weighted by Crippen LogP contribution is -2.55. The minimum Gasteiger partial charge on any atom is -0.140 e. The maximum atomic E-state index is 2.59. The zero-order valence-corrected chi connectivity index (χ0v) is 91.8. The van der Waals surface area contributed by atoms with Crippen LogP contribution in [0.2, 0.25) is 24.2 Å². The van der Waals surface area contributed by atoms with Crippen LogP contribution < -0.4 is 20.7 Å². The van der Waals surface area contributed by atoms with Crippen LogP contribution >= 0.6 is 68.0 Å². The van der Waals surface area contributed by atoms with Crippen molar-refractivity contribution in [2.75, 3.05) is 0 Å². The maximum absolute atomic E-state index is 2.59. The van der Waals surface area contributed by atoms with Crippen LogP contribution in [0.25, 0.3) is 62.6 Å². The zero-order valence-electron chi connectivity index (χ0n) is 84.9. The first-order chi connectivity index (χ1) is 63.0. The van der Waals surface area contributed by atoms with Gasteiger partial charge in [-0.05, 0) is 258 Å². The summed E-state index contributed by atoms with van der Waals surface area (Å²) >= 11 is 11.9. The molecule has 2 aliphatic carbocycles. The molecule has 0 spiro atoms. The Morgan fingerprint density at radius 1 is 0.200 bits per heavy atom. The first-order valence-corrected chi connectivity index (χ1v) is 61.9. The fraction of sp³-hybridized carbons (Fsp3) is 0.508. The lowest BCUT2D eigenvalue weighted by atomic mass is 9.70. The first kappa shape index (κ1) is 104. The first-order valence-electron chi connectivity index (χ1n) is 52.2. The lowest BCUT2D eigenvalue weighted by Gasteiger charge is -2.33. The molecule has 0 saturated heterocycles. The minimum absolute atomic E-state index is 0.240. The molecule has 0 unspecified atom stereocenters. The standard InChI is InChI=1S/C27H38.C26H38Si.C23H34S2.C22H34S2Si.C14H14.C10H10S2/c2*1-5-7-9-11-17-27(18-12-10-8-6-2)25-19-21(3)13-15-23(25)24-16-14-22(4)20-26(24)27;1-5-7-9-11-13-23(14-12-10-8-6-2)19-15-17(3)24-21(19)22-20(23)16-18(4)25-22;1-5-7-9-11-13-25(14-12-10-8-6-2)19-15-17(3)23-21(19)22-20(25)16-18(4)24-22;1-11-3-7-13(8-4-11)14-9-5-12(2)6-10-14;1-7-3-5-9(11-7)10-6-4-8(2)12-10/h2*13-16,19-20H,5-12,17-18H2,1-4H3;2*15-16H,5-14H2,1-4H3;3-10H,1-2H3;3-6H,1-2H3. The van der Waals surface area contributed by atoms with Gasteiger partial charge in [0, 0.05) is 69.4 Å². The van der Waals surface area contributed by atoms with Crippen LogP contribution in [0.5, 0.6) is 0 Å². The SMILES string of the molecule is CCCCCCC1(CCCCCC)c2cc(C)ccc2-c2ccc(C)cc21.CCCCCCC1(CCCCCC)c2cc(C)sc2-c2sc(C)cc21.CCCCCC[Si]1(CCCCCC)c2cc(C)ccc2-c2ccc(C)cc21.CCCCCC[Si]1(CCCCCC)c2cc(C)sc2-c2sc(C)cc21.Cc1ccc(-c2ccc(C)cc2)cc1.Cc1ccc(-c2ccc(C)s2)s1. The second-order valence-electron chi connectivity index (χ2n) is 40.0. The number of unbranched alkanes of at least 4 members (excludes halogenated alkanes) is 24. The highest BCUT2D eigenvalue weighted by molar-refractivity contribution is 7.29. The molecule has 12 aromatic rings. The highest BCUT2D eigenvalue weighted by atomic mass is 32.1. The van der Waals surface area contributed by atoms with Crippen LogP contribution in [0.3, 0.4) is 0 Å². The number of benzene rings is 6. The van der Waals surface area contributed by atoms with Gasteiger partial charge >= 0.3 is 0 Å². The Balaban J connectivity index is 0.000000154. The number of hydrogen-bond acceptors (Lipinski definition) is 6. The molecule has 0 bridgehead atoms. The topological polar surface area (TPSA) is 0 Å². The summed E-state index contributed by atoms with van der Waals surface area (Å²) in [4.78, 5) is 18.2. The third-order valence-electron chi connectivity index (χ3n) is 29.1. The van der Waals surface area contributed by atoms with Crippen molar-refractivity contribution in [3.63, 3.8) is 0 Å². The maximum Gasteiger partial charge on any atom is 0.122 e. The summed E-state index contributed by atoms with van der Waals surface area (Å²) in [6, 6.07) is 71.1. The Hall–Kier alpha value is -6.05. The number of rotatable bonds is 42. The van der Waals surface area contributed by atoms with Crippen molar-refractivity contribution < 1.29 is 0 Å². The molecule has 0 fully saturated rings. The average Bonchev–Trinajstić information content (AvgIpc) is 1.55. The van der Waals surface area contributed by atoms with E-state index in [2.05, 4.69) is 331 Å². The van der Waals surface area contributed by atoms with E-state index in [1.807, 2.05) is 55.7 Å². The quantitative estimate of drug-likeness (QED) is 0.0264. The summed E-state index contributed by atoms with van der Waals surface area (Å²) in [6.07, 6.45) is 49.4. The highest BCUT2D eigenvalue weighted by Gasteiger charge is 2.49. The van der Waals surface area contributed by atoms with E-state index < -0.39 is 16.1 Å². The van der Waals surface area contributed by atoms with E-state index in [0.717, 1.165) is 0 Å². The van der Waals surface area contributed by atoms with Crippen LogP contribution in [-0.2, 0) is 10.8 Å². The fourth-order valence-corrected chi connectivity index (χ4v) is 41.3. The third-order valence-corrected chi connectivity index (χ3v) is 46.7. The van der Waals surface area contributed by atoms with Gasteiger partial charge in [-0.1, -0.05) is 416 Å². The molecule has 0 nitrogen and oxygen atoms in total. The van der Waals surface area contributed by atoms with Gasteiger partial charge in [-0.3, -0.25) is 0 Å². The van der Waals surface area contributed by atoms with Crippen molar-refractivity contribution in [2.45, 2.75) is 405 Å². The predicted octanol–water partition coefficient (Wildman–Crippen LogP) is 39.3. The smallest absolute Gasteiger partial charge is 0.122 e. The number of thiophene rings is 6. The molecular formula is C122H168S6Si2. The van der Waals surface area contributed by atoms with Gasteiger partial charge in [-0.25, -0.2) is 0 Å². The fourth-order valence-electron chi connectivity index (χ4n) is 22.0. The summed E-state index contributed by atoms with van der Waals surface area (Å²) in [6.45, 7) is 45.4. The van der Waals surface area contributed by atoms with Gasteiger partial charge in [0.05, 0.1) is 0 Å². The number of fused-ring (bicyclic) bond motifs is 12. The van der Waals surface area contributed by atoms with E-state index in [9.17, 15) is 0 Å². The van der Waals surface area contributed by atoms with Crippen LogP contribution in [0.15, 0.2) is 170 Å². The zero-order chi connectivity index (χ0) is 92.8. The number of hydrogen-bond donors (Lipinski definition) is 0. The third kappa shape index (κ3) is 26.4. The molecule has 8 heteroatoms. The predicted molar refractivity (Wildman–Crippen MR) is 598 cm³/mol. The van der Waals surface area contributed by atoms with Crippen molar-refractivity contribution in [3.05, 3.63) is 255 Å². The molecule has 4 aliphatic rings. The number of aryl methyl sites for hydroxylation is 12. The summed E-state index contributed by atoms with van der Waals surface area (Å²) in [5, 5.41) is 7.17. The van der Waals surface area contributed by atoms with E-state index in [-0.39, 0.29) is 5.41 Å². The second-order valence-corrected chi connectivity index (χ2v) is 56.0. The molecule has 0 N–H and O–H groups in total. The van der Waals surface area contributed by atoms with E-state index in [1.54, 1.807) is 63.3 Å². The van der Waals surface area contributed by atoms with E-state index in [4.69, 9.17) is 0 Å². The van der Waals surface area contributed by atoms with Gasteiger partial charge in [0.2, 0.25) is 0 Å². The molecule has 0 amide bonds. The molecule has 2 aliphatic heterocycles. The molecule has 130 heavy (non-hydrogen) atoms. The molecule has 6 aromatic carbocycles. The second kappa shape index (κ2) is 51.8. The van der Waals surface area contributed by atoms with Gasteiger partial charge in [0.15, 0.2) is 0 Å². The summed E-state index contributed by atoms with van der Waals surface area (Å²) in [5.74, 6) is 0. The lowest BCUT2D eigenvalue weighted by molar-refractivity contribution is 0.400. The molecule has 8 heterocycles. The average molecular weight is 1880 g/mol. The largest absolute Gasteiger partial charge is 0.140 e. The minimum atomic E-state index is -1.64. The van der Waals surface area contributed by atoms with Gasteiger partial charge < -0.3 is 0 Å². The highest BCUT2D eigenvalue weighted by Crippen LogP contribution is 2.60. The van der Waals surface area contributed by atoms with Gasteiger partial charge in [0.25, 0.3) is 0 Å². The van der Waals surface area contributed by atoms with Crippen molar-refractivity contribution in [1.82, 2.24) is 0 Å². The Kier molecular flexibility index (Phi) is 41.6. The van der Waals surface area contributed by atoms with Crippen LogP contribution in [0, 0.1) is 83.1 Å². The van der Waals surface area contributed by atoms with E-state index >= 15 is 0 Å². The Labute approximate surface area is 819 Å². The Morgan fingerprint density at radius 3 is 0.762 bits per heavy atom. The molecular weight excluding hydrogens is 1710 g/mol. The summed E-state index contributed by atoms with van der Waals surface area (Å²) in [5.41, 5.74) is 24.2. The van der Waals surface area contributed by atoms with Crippen LogP contribution in [0.1, 0.15) is 371 Å².